The summed E-state index contributed by atoms with van der Waals surface area (Å²) in [5, 5.41) is 0. The maximum absolute atomic E-state index is 12.9. The fourth-order valence-electron chi connectivity index (χ4n) is 2.59. The van der Waals surface area contributed by atoms with Crippen molar-refractivity contribution in [1.82, 2.24) is 4.90 Å². The van der Waals surface area contributed by atoms with Crippen LogP contribution in [0.25, 0.3) is 0 Å². The molecule has 0 bridgehead atoms. The number of benzene rings is 1. The van der Waals surface area contributed by atoms with Crippen LogP contribution in [0.4, 0.5) is 0 Å². The topological polar surface area (TPSA) is 72.9 Å². The van der Waals surface area contributed by atoms with Crippen molar-refractivity contribution in [1.29, 1.82) is 0 Å². The largest absolute Gasteiger partial charge is 0.495 e. The standard InChI is InChI=1S/C16H23NO5S/c1-11-9-17(16(2,3)10-22-11)15(18)12-6-7-13(21-4)14(8-12)23(5,19)20/h6-8,11H,9-10H2,1-5H3. The number of carbonyl (C=O) groups excluding carboxylic acids is 1. The lowest BCUT2D eigenvalue weighted by Crippen LogP contribution is -2.57. The monoisotopic (exact) mass is 341 g/mol. The van der Waals surface area contributed by atoms with Gasteiger partial charge in [-0.05, 0) is 39.0 Å². The number of ether oxygens (including phenoxy) is 2. The number of amides is 1. The summed E-state index contributed by atoms with van der Waals surface area (Å²) in [4.78, 5) is 14.6. The zero-order chi connectivity index (χ0) is 17.4. The normalized spacial score (nSPS) is 21.1. The van der Waals surface area contributed by atoms with E-state index in [-0.39, 0.29) is 22.7 Å². The molecule has 0 radical (unpaired) electrons. The highest BCUT2D eigenvalue weighted by Gasteiger charge is 2.37. The Morgan fingerprint density at radius 2 is 2.04 bits per heavy atom. The highest BCUT2D eigenvalue weighted by Crippen LogP contribution is 2.28. The van der Waals surface area contributed by atoms with Gasteiger partial charge in [-0.3, -0.25) is 4.79 Å². The molecule has 1 atom stereocenters. The van der Waals surface area contributed by atoms with Crippen LogP contribution in [-0.2, 0) is 14.6 Å². The first-order valence-electron chi connectivity index (χ1n) is 7.38. The first-order valence-corrected chi connectivity index (χ1v) is 9.27. The molecule has 1 amide bonds. The Morgan fingerprint density at radius 3 is 2.61 bits per heavy atom. The molecule has 1 unspecified atom stereocenters. The molecular weight excluding hydrogens is 318 g/mol. The number of morpholine rings is 1. The second-order valence-corrected chi connectivity index (χ2v) is 8.47. The van der Waals surface area contributed by atoms with Crippen LogP contribution in [0.1, 0.15) is 31.1 Å². The minimum absolute atomic E-state index is 0.0185. The van der Waals surface area contributed by atoms with Gasteiger partial charge in [0.1, 0.15) is 10.6 Å². The maximum Gasteiger partial charge on any atom is 0.254 e. The molecule has 0 saturated carbocycles. The van der Waals surface area contributed by atoms with E-state index in [2.05, 4.69) is 0 Å². The Morgan fingerprint density at radius 1 is 1.39 bits per heavy atom. The van der Waals surface area contributed by atoms with E-state index in [1.165, 1.54) is 19.2 Å². The van der Waals surface area contributed by atoms with Gasteiger partial charge in [0.25, 0.3) is 5.91 Å². The third kappa shape index (κ3) is 3.67. The highest BCUT2D eigenvalue weighted by atomic mass is 32.2. The molecule has 0 aliphatic carbocycles. The molecule has 23 heavy (non-hydrogen) atoms. The molecule has 0 spiro atoms. The van der Waals surface area contributed by atoms with Gasteiger partial charge in [-0.2, -0.15) is 0 Å². The average Bonchev–Trinajstić information content (AvgIpc) is 2.47. The predicted octanol–water partition coefficient (Wildman–Crippen LogP) is 1.74. The van der Waals surface area contributed by atoms with Crippen LogP contribution in [0, 0.1) is 0 Å². The molecule has 1 fully saturated rings. The van der Waals surface area contributed by atoms with Crippen molar-refractivity contribution in [3.05, 3.63) is 23.8 Å². The van der Waals surface area contributed by atoms with E-state index in [4.69, 9.17) is 9.47 Å². The molecule has 1 heterocycles. The highest BCUT2D eigenvalue weighted by molar-refractivity contribution is 7.90. The number of hydrogen-bond acceptors (Lipinski definition) is 5. The zero-order valence-corrected chi connectivity index (χ0v) is 14.9. The van der Waals surface area contributed by atoms with Crippen molar-refractivity contribution in [2.45, 2.75) is 37.3 Å². The van der Waals surface area contributed by atoms with Gasteiger partial charge < -0.3 is 14.4 Å². The van der Waals surface area contributed by atoms with Crippen molar-refractivity contribution in [2.24, 2.45) is 0 Å². The van der Waals surface area contributed by atoms with E-state index in [0.29, 0.717) is 18.7 Å². The zero-order valence-electron chi connectivity index (χ0n) is 14.1. The van der Waals surface area contributed by atoms with Crippen molar-refractivity contribution >= 4 is 15.7 Å². The molecular formula is C16H23NO5S. The van der Waals surface area contributed by atoms with Gasteiger partial charge in [0.15, 0.2) is 9.84 Å². The molecule has 1 aromatic carbocycles. The Balaban J connectivity index is 2.43. The van der Waals surface area contributed by atoms with Crippen molar-refractivity contribution in [3.63, 3.8) is 0 Å². The quantitative estimate of drug-likeness (QED) is 0.837. The SMILES string of the molecule is COc1ccc(C(=O)N2CC(C)OCC2(C)C)cc1S(C)(=O)=O. The van der Waals surface area contributed by atoms with Gasteiger partial charge in [0.05, 0.1) is 25.4 Å². The summed E-state index contributed by atoms with van der Waals surface area (Å²) < 4.78 is 34.5. The Hall–Kier alpha value is -1.60. The first kappa shape index (κ1) is 17.7. The number of sulfone groups is 1. The van der Waals surface area contributed by atoms with Crippen molar-refractivity contribution in [3.8, 4) is 5.75 Å². The second-order valence-electron chi connectivity index (χ2n) is 6.49. The lowest BCUT2D eigenvalue weighted by Gasteiger charge is -2.44. The third-order valence-corrected chi connectivity index (χ3v) is 5.06. The van der Waals surface area contributed by atoms with Gasteiger partial charge in [0, 0.05) is 18.4 Å². The van der Waals surface area contributed by atoms with E-state index in [1.54, 1.807) is 11.0 Å². The van der Waals surface area contributed by atoms with E-state index in [1.807, 2.05) is 20.8 Å². The van der Waals surface area contributed by atoms with Crippen molar-refractivity contribution < 1.29 is 22.7 Å². The van der Waals surface area contributed by atoms with Gasteiger partial charge in [-0.15, -0.1) is 0 Å². The molecule has 1 saturated heterocycles. The summed E-state index contributed by atoms with van der Waals surface area (Å²) in [6.45, 7) is 6.67. The maximum atomic E-state index is 12.9. The smallest absolute Gasteiger partial charge is 0.254 e. The molecule has 6 nitrogen and oxygen atoms in total. The van der Waals surface area contributed by atoms with E-state index in [9.17, 15) is 13.2 Å². The van der Waals surface area contributed by atoms with Crippen LogP contribution < -0.4 is 4.74 Å². The van der Waals surface area contributed by atoms with E-state index in [0.717, 1.165) is 6.26 Å². The number of rotatable bonds is 3. The molecule has 7 heteroatoms. The second kappa shape index (κ2) is 6.13. The molecule has 1 aliphatic heterocycles. The molecule has 128 valence electrons. The van der Waals surface area contributed by atoms with Crippen LogP contribution in [0.15, 0.2) is 23.1 Å². The summed E-state index contributed by atoms with van der Waals surface area (Å²) in [7, 11) is -2.09. The lowest BCUT2D eigenvalue weighted by molar-refractivity contribution is -0.0756. The van der Waals surface area contributed by atoms with E-state index >= 15 is 0 Å². The molecule has 0 N–H and O–H groups in total. The summed E-state index contributed by atoms with van der Waals surface area (Å²) in [5.74, 6) is 0.0244. The van der Waals surface area contributed by atoms with Gasteiger partial charge in [0.2, 0.25) is 0 Å². The summed E-state index contributed by atoms with van der Waals surface area (Å²) in [6.07, 6.45) is 1.04. The van der Waals surface area contributed by atoms with E-state index < -0.39 is 15.4 Å². The summed E-state index contributed by atoms with van der Waals surface area (Å²) in [5.41, 5.74) is -0.122. The predicted molar refractivity (Wildman–Crippen MR) is 86.6 cm³/mol. The molecule has 1 aromatic rings. The van der Waals surface area contributed by atoms with Crippen LogP contribution >= 0.6 is 0 Å². The Kier molecular flexibility index (Phi) is 4.73. The summed E-state index contributed by atoms with van der Waals surface area (Å²) in [6, 6.07) is 4.49. The number of carbonyl (C=O) groups is 1. The average molecular weight is 341 g/mol. The minimum atomic E-state index is -3.49. The first-order chi connectivity index (χ1) is 10.6. The van der Waals surface area contributed by atoms with Crippen LogP contribution in [0.2, 0.25) is 0 Å². The van der Waals surface area contributed by atoms with Gasteiger partial charge in [-0.1, -0.05) is 0 Å². The van der Waals surface area contributed by atoms with Gasteiger partial charge >= 0.3 is 0 Å². The number of hydrogen-bond donors (Lipinski definition) is 0. The molecule has 2 rings (SSSR count). The fraction of sp³-hybridized carbons (Fsp3) is 0.562. The Labute approximate surface area is 137 Å². The minimum Gasteiger partial charge on any atom is -0.495 e. The Bertz CT molecular complexity index is 711. The van der Waals surface area contributed by atoms with Crippen molar-refractivity contribution in [2.75, 3.05) is 26.5 Å². The number of nitrogens with zero attached hydrogens (tertiary/aromatic N) is 1. The summed E-state index contributed by atoms with van der Waals surface area (Å²) >= 11 is 0. The van der Waals surface area contributed by atoms with Crippen LogP contribution in [0.3, 0.4) is 0 Å². The lowest BCUT2D eigenvalue weighted by atomic mass is 9.99. The molecule has 0 aromatic heterocycles. The third-order valence-electron chi connectivity index (χ3n) is 3.95. The van der Waals surface area contributed by atoms with Crippen LogP contribution in [-0.4, -0.2) is 57.4 Å². The van der Waals surface area contributed by atoms with Crippen LogP contribution in [0.5, 0.6) is 5.75 Å². The van der Waals surface area contributed by atoms with Gasteiger partial charge in [-0.25, -0.2) is 8.42 Å². The molecule has 1 aliphatic rings. The number of methoxy groups -OCH3 is 1. The fourth-order valence-corrected chi connectivity index (χ4v) is 3.45.